The maximum atomic E-state index is 10.2. The van der Waals surface area contributed by atoms with Gasteiger partial charge in [-0.1, -0.05) is 12.1 Å². The molecule has 4 nitrogen and oxygen atoms in total. The minimum absolute atomic E-state index is 0.346. The summed E-state index contributed by atoms with van der Waals surface area (Å²) in [5.41, 5.74) is 1.19. The third-order valence-electron chi connectivity index (χ3n) is 2.33. The summed E-state index contributed by atoms with van der Waals surface area (Å²) < 4.78 is 6.19. The number of ether oxygens (including phenoxy) is 1. The molecule has 0 aliphatic carbocycles. The number of benzene rings is 1. The number of aliphatic hydroxyl groups is 1. The van der Waals surface area contributed by atoms with Crippen molar-refractivity contribution in [1.29, 1.82) is 0 Å². The van der Waals surface area contributed by atoms with Gasteiger partial charge in [0.1, 0.15) is 11.8 Å². The number of hydrogen-bond acceptors (Lipinski definition) is 4. The second kappa shape index (κ2) is 5.42. The monoisotopic (exact) mass is 342 g/mol. The Labute approximate surface area is 113 Å². The van der Waals surface area contributed by atoms with E-state index in [1.807, 2.05) is 24.3 Å². The zero-order valence-electron chi connectivity index (χ0n) is 9.17. The molecule has 1 aromatic carbocycles. The Morgan fingerprint density at radius 3 is 2.47 bits per heavy atom. The molecule has 1 atom stereocenters. The highest BCUT2D eigenvalue weighted by Crippen LogP contribution is 2.26. The molecular formula is C12H11IN2O2. The summed E-state index contributed by atoms with van der Waals surface area (Å²) in [6, 6.07) is 7.59. The van der Waals surface area contributed by atoms with Crippen LogP contribution in [0.25, 0.3) is 0 Å². The first-order valence-electron chi connectivity index (χ1n) is 5.01. The van der Waals surface area contributed by atoms with Gasteiger partial charge in [0.2, 0.25) is 5.88 Å². The molecule has 2 rings (SSSR count). The summed E-state index contributed by atoms with van der Waals surface area (Å²) in [6.45, 7) is 0. The Morgan fingerprint density at radius 2 is 1.82 bits per heavy atom. The van der Waals surface area contributed by atoms with Crippen LogP contribution in [0.4, 0.5) is 0 Å². The summed E-state index contributed by atoms with van der Waals surface area (Å²) in [6.07, 6.45) is 2.24. The molecule has 2 aromatic rings. The van der Waals surface area contributed by atoms with Crippen LogP contribution in [0.5, 0.6) is 5.88 Å². The first-order chi connectivity index (χ1) is 8.22. The largest absolute Gasteiger partial charge is 0.480 e. The quantitative estimate of drug-likeness (QED) is 0.869. The maximum absolute atomic E-state index is 10.2. The number of halogens is 1. The Balaban J connectivity index is 2.36. The fraction of sp³-hybridized carbons (Fsp3) is 0.167. The van der Waals surface area contributed by atoms with E-state index in [0.29, 0.717) is 11.6 Å². The fourth-order valence-electron chi connectivity index (χ4n) is 1.48. The van der Waals surface area contributed by atoms with Crippen molar-refractivity contribution in [3.63, 3.8) is 0 Å². The lowest BCUT2D eigenvalue weighted by Gasteiger charge is -2.12. The van der Waals surface area contributed by atoms with E-state index in [-0.39, 0.29) is 0 Å². The Morgan fingerprint density at radius 1 is 1.18 bits per heavy atom. The molecule has 0 aliphatic heterocycles. The Hall–Kier alpha value is -1.21. The van der Waals surface area contributed by atoms with Crippen molar-refractivity contribution in [2.24, 2.45) is 0 Å². The van der Waals surface area contributed by atoms with E-state index in [9.17, 15) is 5.11 Å². The minimum Gasteiger partial charge on any atom is -0.480 e. The van der Waals surface area contributed by atoms with Crippen molar-refractivity contribution in [3.05, 3.63) is 51.5 Å². The van der Waals surface area contributed by atoms with Gasteiger partial charge in [-0.15, -0.1) is 0 Å². The number of nitrogens with zero attached hydrogens (tertiary/aromatic N) is 2. The van der Waals surface area contributed by atoms with Gasteiger partial charge in [0.25, 0.3) is 0 Å². The SMILES string of the molecule is COc1nccnc1C(O)c1ccc(I)cc1. The van der Waals surface area contributed by atoms with Gasteiger partial charge in [0.05, 0.1) is 7.11 Å². The lowest BCUT2D eigenvalue weighted by atomic mass is 10.1. The molecule has 1 unspecified atom stereocenters. The highest BCUT2D eigenvalue weighted by molar-refractivity contribution is 14.1. The second-order valence-corrected chi connectivity index (χ2v) is 4.65. The van der Waals surface area contributed by atoms with E-state index in [2.05, 4.69) is 32.6 Å². The average Bonchev–Trinajstić information content (AvgIpc) is 2.39. The Bertz CT molecular complexity index is 502. The van der Waals surface area contributed by atoms with Crippen LogP contribution < -0.4 is 4.74 Å². The van der Waals surface area contributed by atoms with E-state index in [1.165, 1.54) is 19.5 Å². The number of methoxy groups -OCH3 is 1. The second-order valence-electron chi connectivity index (χ2n) is 3.40. The van der Waals surface area contributed by atoms with Crippen LogP contribution in [0.2, 0.25) is 0 Å². The molecule has 0 spiro atoms. The van der Waals surface area contributed by atoms with E-state index in [4.69, 9.17) is 4.74 Å². The molecule has 0 bridgehead atoms. The topological polar surface area (TPSA) is 55.2 Å². The van der Waals surface area contributed by atoms with E-state index in [1.54, 1.807) is 0 Å². The summed E-state index contributed by atoms with van der Waals surface area (Å²) >= 11 is 2.21. The average molecular weight is 342 g/mol. The first-order valence-corrected chi connectivity index (χ1v) is 6.08. The van der Waals surface area contributed by atoms with Crippen LogP contribution in [-0.2, 0) is 0 Å². The van der Waals surface area contributed by atoms with Gasteiger partial charge in [0, 0.05) is 16.0 Å². The predicted octanol–water partition coefficient (Wildman–Crippen LogP) is 2.17. The number of aliphatic hydroxyl groups excluding tert-OH is 1. The van der Waals surface area contributed by atoms with Crippen molar-refractivity contribution in [2.45, 2.75) is 6.10 Å². The van der Waals surface area contributed by atoms with Gasteiger partial charge < -0.3 is 9.84 Å². The van der Waals surface area contributed by atoms with E-state index >= 15 is 0 Å². The van der Waals surface area contributed by atoms with E-state index in [0.717, 1.165) is 9.13 Å². The molecule has 1 aromatic heterocycles. The molecule has 88 valence electrons. The number of hydrogen-bond donors (Lipinski definition) is 1. The number of rotatable bonds is 3. The lowest BCUT2D eigenvalue weighted by molar-refractivity contribution is 0.207. The molecule has 1 N–H and O–H groups in total. The molecule has 0 fully saturated rings. The summed E-state index contributed by atoms with van der Waals surface area (Å²) in [5, 5.41) is 10.2. The minimum atomic E-state index is -0.823. The maximum Gasteiger partial charge on any atom is 0.238 e. The summed E-state index contributed by atoms with van der Waals surface area (Å²) in [5.74, 6) is 0.346. The normalized spacial score (nSPS) is 12.2. The van der Waals surface area contributed by atoms with Gasteiger partial charge in [-0.2, -0.15) is 0 Å². The van der Waals surface area contributed by atoms with Crippen LogP contribution in [0.3, 0.4) is 0 Å². The molecule has 17 heavy (non-hydrogen) atoms. The molecular weight excluding hydrogens is 331 g/mol. The van der Waals surface area contributed by atoms with Gasteiger partial charge >= 0.3 is 0 Å². The fourth-order valence-corrected chi connectivity index (χ4v) is 1.84. The van der Waals surface area contributed by atoms with Crippen molar-refractivity contribution in [1.82, 2.24) is 9.97 Å². The third kappa shape index (κ3) is 2.73. The molecule has 0 radical (unpaired) electrons. The van der Waals surface area contributed by atoms with Crippen LogP contribution in [0, 0.1) is 3.57 Å². The standard InChI is InChI=1S/C12H11IN2O2/c1-17-12-10(14-6-7-15-12)11(16)8-2-4-9(13)5-3-8/h2-7,11,16H,1H3. The Kier molecular flexibility index (Phi) is 3.90. The van der Waals surface area contributed by atoms with Gasteiger partial charge in [-0.25, -0.2) is 4.98 Å². The van der Waals surface area contributed by atoms with Crippen LogP contribution in [-0.4, -0.2) is 22.2 Å². The van der Waals surface area contributed by atoms with Gasteiger partial charge in [0.15, 0.2) is 0 Å². The molecule has 1 heterocycles. The van der Waals surface area contributed by atoms with Crippen LogP contribution in [0.1, 0.15) is 17.4 Å². The van der Waals surface area contributed by atoms with Crippen molar-refractivity contribution >= 4 is 22.6 Å². The molecule has 0 aliphatic rings. The van der Waals surface area contributed by atoms with Crippen molar-refractivity contribution < 1.29 is 9.84 Å². The third-order valence-corrected chi connectivity index (χ3v) is 3.05. The summed E-state index contributed by atoms with van der Waals surface area (Å²) in [4.78, 5) is 8.12. The number of aromatic nitrogens is 2. The highest BCUT2D eigenvalue weighted by atomic mass is 127. The molecule has 0 saturated heterocycles. The van der Waals surface area contributed by atoms with Crippen molar-refractivity contribution in [2.75, 3.05) is 7.11 Å². The van der Waals surface area contributed by atoms with E-state index < -0.39 is 6.10 Å². The molecule has 0 saturated carbocycles. The van der Waals surface area contributed by atoms with Crippen molar-refractivity contribution in [3.8, 4) is 5.88 Å². The van der Waals surface area contributed by atoms with Gasteiger partial charge in [-0.05, 0) is 40.3 Å². The highest BCUT2D eigenvalue weighted by Gasteiger charge is 2.17. The lowest BCUT2D eigenvalue weighted by Crippen LogP contribution is -2.06. The summed E-state index contributed by atoms with van der Waals surface area (Å²) in [7, 11) is 1.51. The molecule has 5 heteroatoms. The van der Waals surface area contributed by atoms with Gasteiger partial charge in [-0.3, -0.25) is 4.98 Å². The zero-order chi connectivity index (χ0) is 12.3. The smallest absolute Gasteiger partial charge is 0.238 e. The zero-order valence-corrected chi connectivity index (χ0v) is 11.3. The predicted molar refractivity (Wildman–Crippen MR) is 71.8 cm³/mol. The first kappa shape index (κ1) is 12.3. The van der Waals surface area contributed by atoms with Crippen LogP contribution in [0.15, 0.2) is 36.7 Å². The van der Waals surface area contributed by atoms with Crippen LogP contribution >= 0.6 is 22.6 Å². The molecule has 0 amide bonds.